The van der Waals surface area contributed by atoms with Gasteiger partial charge in [-0.3, -0.25) is 8.75 Å². The summed E-state index contributed by atoms with van der Waals surface area (Å²) in [5.41, 5.74) is 1.60. The van der Waals surface area contributed by atoms with Gasteiger partial charge in [-0.15, -0.1) is 0 Å². The van der Waals surface area contributed by atoms with Gasteiger partial charge in [0, 0.05) is 0 Å². The van der Waals surface area contributed by atoms with Crippen molar-refractivity contribution in [3.05, 3.63) is 18.3 Å². The molecule has 1 aliphatic heterocycles. The number of nitrogens with two attached hydrogens (primary N) is 1. The number of ether oxygens (including phenoxy) is 1. The molecule has 0 spiro atoms. The molecule has 23 heavy (non-hydrogen) atoms. The van der Waals surface area contributed by atoms with E-state index in [0.717, 1.165) is 0 Å². The maximum atomic E-state index is 10.8. The van der Waals surface area contributed by atoms with Crippen molar-refractivity contribution in [2.75, 3.05) is 6.61 Å². The minimum Gasteiger partial charge on any atom is -0.387 e. The Labute approximate surface area is 131 Å². The standard InChI is InChI=1S/C11H15N5O6S/c1-5-7-10(14-3-13-5)16(4-15-7)11-9(18)8(17)6(22-11)2-21-23(12,19)20/h3-4,6,8-9,11,17-18H,2H2,1H3,(H2,12,19,20)/t6-,8-,9?,11?/m1/s1. The van der Waals surface area contributed by atoms with E-state index >= 15 is 0 Å². The molecule has 3 heterocycles. The quantitative estimate of drug-likeness (QED) is 0.567. The molecule has 126 valence electrons. The number of hydrogen-bond donors (Lipinski definition) is 3. The fraction of sp³-hybridized carbons (Fsp3) is 0.545. The normalized spacial score (nSPS) is 28.5. The van der Waals surface area contributed by atoms with Crippen LogP contribution in [0, 0.1) is 6.92 Å². The van der Waals surface area contributed by atoms with Crippen molar-refractivity contribution >= 4 is 21.5 Å². The average molecular weight is 345 g/mol. The molecule has 0 aromatic carbocycles. The van der Waals surface area contributed by atoms with Crippen molar-refractivity contribution < 1.29 is 27.6 Å². The lowest BCUT2D eigenvalue weighted by atomic mass is 10.1. The molecule has 0 saturated carbocycles. The van der Waals surface area contributed by atoms with E-state index in [9.17, 15) is 18.6 Å². The maximum absolute atomic E-state index is 10.8. The van der Waals surface area contributed by atoms with Crippen molar-refractivity contribution in [1.82, 2.24) is 19.5 Å². The third kappa shape index (κ3) is 3.04. The van der Waals surface area contributed by atoms with Crippen molar-refractivity contribution in [2.45, 2.75) is 31.5 Å². The Bertz CT molecular complexity index is 823. The molecule has 0 amide bonds. The summed E-state index contributed by atoms with van der Waals surface area (Å²) in [6.07, 6.45) is -2.02. The zero-order valence-corrected chi connectivity index (χ0v) is 12.8. The fourth-order valence-corrected chi connectivity index (χ4v) is 2.74. The molecule has 3 rings (SSSR count). The van der Waals surface area contributed by atoms with E-state index in [-0.39, 0.29) is 0 Å². The molecular weight excluding hydrogens is 330 g/mol. The Morgan fingerprint density at radius 3 is 2.78 bits per heavy atom. The fourth-order valence-electron chi connectivity index (χ4n) is 2.41. The summed E-state index contributed by atoms with van der Waals surface area (Å²) in [6.45, 7) is 1.24. The van der Waals surface area contributed by atoms with Gasteiger partial charge in [-0.05, 0) is 6.92 Å². The van der Waals surface area contributed by atoms with E-state index < -0.39 is 41.5 Å². The lowest BCUT2D eigenvalue weighted by molar-refractivity contribution is -0.0467. The van der Waals surface area contributed by atoms with E-state index in [0.29, 0.717) is 16.9 Å². The number of aliphatic hydroxyl groups is 2. The Balaban J connectivity index is 1.86. The van der Waals surface area contributed by atoms with Gasteiger partial charge in [0.2, 0.25) is 0 Å². The predicted molar refractivity (Wildman–Crippen MR) is 75.0 cm³/mol. The summed E-state index contributed by atoms with van der Waals surface area (Å²) >= 11 is 0. The lowest BCUT2D eigenvalue weighted by Crippen LogP contribution is -2.35. The Kier molecular flexibility index (Phi) is 4.03. The third-order valence-electron chi connectivity index (χ3n) is 3.55. The van der Waals surface area contributed by atoms with Crippen LogP contribution < -0.4 is 5.14 Å². The summed E-state index contributed by atoms with van der Waals surface area (Å²) in [5.74, 6) is 0. The van der Waals surface area contributed by atoms with Crippen LogP contribution in [0.25, 0.3) is 11.2 Å². The number of hydrogen-bond acceptors (Lipinski definition) is 9. The van der Waals surface area contributed by atoms with Crippen LogP contribution in [0.4, 0.5) is 0 Å². The van der Waals surface area contributed by atoms with Gasteiger partial charge in [0.15, 0.2) is 11.9 Å². The van der Waals surface area contributed by atoms with E-state index in [4.69, 9.17) is 9.88 Å². The summed E-state index contributed by atoms with van der Waals surface area (Å²) < 4.78 is 33.0. The van der Waals surface area contributed by atoms with Crippen LogP contribution in [0.5, 0.6) is 0 Å². The molecule has 11 nitrogen and oxygen atoms in total. The molecule has 0 radical (unpaired) electrons. The van der Waals surface area contributed by atoms with Crippen LogP contribution >= 0.6 is 0 Å². The highest BCUT2D eigenvalue weighted by Crippen LogP contribution is 2.31. The van der Waals surface area contributed by atoms with Crippen molar-refractivity contribution in [3.8, 4) is 0 Å². The van der Waals surface area contributed by atoms with Crippen LogP contribution in [0.3, 0.4) is 0 Å². The highest BCUT2D eigenvalue weighted by molar-refractivity contribution is 7.84. The number of fused-ring (bicyclic) bond motifs is 1. The highest BCUT2D eigenvalue weighted by Gasteiger charge is 2.44. The maximum Gasteiger partial charge on any atom is 0.333 e. The summed E-state index contributed by atoms with van der Waals surface area (Å²) in [5, 5.41) is 24.9. The number of aromatic nitrogens is 4. The van der Waals surface area contributed by atoms with E-state index in [1.807, 2.05) is 0 Å². The van der Waals surface area contributed by atoms with Gasteiger partial charge in [-0.25, -0.2) is 20.1 Å². The van der Waals surface area contributed by atoms with Crippen LogP contribution in [-0.2, 0) is 19.2 Å². The lowest BCUT2D eigenvalue weighted by Gasteiger charge is -2.16. The Hall–Kier alpha value is -1.70. The second-order valence-corrected chi connectivity index (χ2v) is 6.33. The van der Waals surface area contributed by atoms with E-state index in [1.165, 1.54) is 17.2 Å². The first-order valence-corrected chi connectivity index (χ1v) is 8.08. The van der Waals surface area contributed by atoms with Crippen LogP contribution in [0.15, 0.2) is 12.7 Å². The summed E-state index contributed by atoms with van der Waals surface area (Å²) in [6, 6.07) is 0. The van der Waals surface area contributed by atoms with Crippen LogP contribution in [0.2, 0.25) is 0 Å². The Morgan fingerprint density at radius 2 is 2.09 bits per heavy atom. The van der Waals surface area contributed by atoms with Gasteiger partial charge in [0.1, 0.15) is 30.2 Å². The number of aryl methyl sites for hydroxylation is 1. The molecule has 2 aromatic heterocycles. The van der Waals surface area contributed by atoms with Gasteiger partial charge in [-0.2, -0.15) is 8.42 Å². The topological polar surface area (TPSA) is 163 Å². The number of imidazole rings is 1. The first-order chi connectivity index (χ1) is 10.8. The van der Waals surface area contributed by atoms with E-state index in [1.54, 1.807) is 6.92 Å². The smallest absolute Gasteiger partial charge is 0.333 e. The largest absolute Gasteiger partial charge is 0.387 e. The molecule has 0 bridgehead atoms. The van der Waals surface area contributed by atoms with Crippen LogP contribution in [0.1, 0.15) is 11.9 Å². The monoisotopic (exact) mass is 345 g/mol. The number of nitrogens with zero attached hydrogens (tertiary/aromatic N) is 4. The predicted octanol–water partition coefficient (Wildman–Crippen LogP) is -2.03. The molecule has 1 aliphatic rings. The average Bonchev–Trinajstić information content (AvgIpc) is 3.01. The van der Waals surface area contributed by atoms with Crippen molar-refractivity contribution in [2.24, 2.45) is 5.14 Å². The number of rotatable bonds is 4. The summed E-state index contributed by atoms with van der Waals surface area (Å²) in [7, 11) is -4.18. The molecule has 1 fully saturated rings. The number of aliphatic hydroxyl groups excluding tert-OH is 2. The molecule has 2 unspecified atom stereocenters. The van der Waals surface area contributed by atoms with Gasteiger partial charge >= 0.3 is 10.3 Å². The van der Waals surface area contributed by atoms with Gasteiger partial charge in [0.05, 0.1) is 18.6 Å². The van der Waals surface area contributed by atoms with E-state index in [2.05, 4.69) is 19.1 Å². The molecule has 0 aliphatic carbocycles. The minimum absolute atomic E-state index is 0.418. The first-order valence-electron chi connectivity index (χ1n) is 6.61. The Morgan fingerprint density at radius 1 is 1.35 bits per heavy atom. The van der Waals surface area contributed by atoms with Crippen LogP contribution in [-0.4, -0.2) is 63.1 Å². The highest BCUT2D eigenvalue weighted by atomic mass is 32.2. The second-order valence-electron chi connectivity index (χ2n) is 5.11. The van der Waals surface area contributed by atoms with Gasteiger partial charge in [0.25, 0.3) is 0 Å². The zero-order valence-electron chi connectivity index (χ0n) is 12.0. The first kappa shape index (κ1) is 16.2. The van der Waals surface area contributed by atoms with Crippen molar-refractivity contribution in [3.63, 3.8) is 0 Å². The summed E-state index contributed by atoms with van der Waals surface area (Å²) in [4.78, 5) is 12.2. The van der Waals surface area contributed by atoms with Gasteiger partial charge in [-0.1, -0.05) is 0 Å². The van der Waals surface area contributed by atoms with Crippen molar-refractivity contribution in [1.29, 1.82) is 0 Å². The molecule has 12 heteroatoms. The molecule has 4 N–H and O–H groups in total. The minimum atomic E-state index is -4.18. The SMILES string of the molecule is Cc1ncnc2c1ncn2C1O[C@H](COS(N)(=O)=O)[C@@H](O)C1O. The molecule has 2 aromatic rings. The van der Waals surface area contributed by atoms with Gasteiger partial charge < -0.3 is 14.9 Å². The second kappa shape index (κ2) is 5.74. The molecule has 1 saturated heterocycles. The molecule has 4 atom stereocenters. The molecular formula is C11H15N5O6S. The third-order valence-corrected chi connectivity index (χ3v) is 4.01. The zero-order chi connectivity index (χ0) is 16.8.